The maximum absolute atomic E-state index is 11.9. The van der Waals surface area contributed by atoms with E-state index in [1.54, 1.807) is 18.9 Å². The van der Waals surface area contributed by atoms with E-state index in [0.717, 1.165) is 22.2 Å². The Morgan fingerprint density at radius 3 is 2.76 bits per heavy atom. The van der Waals surface area contributed by atoms with Crippen molar-refractivity contribution in [2.75, 3.05) is 32.1 Å². The van der Waals surface area contributed by atoms with Crippen molar-refractivity contribution in [2.45, 2.75) is 25.9 Å². The number of terminal acetylenes is 1. The van der Waals surface area contributed by atoms with Gasteiger partial charge in [0.1, 0.15) is 18.2 Å². The SMILES string of the molecule is C#Cc1cccc(Nc2ncnc3cc(OC)c(OC4CCN(C(=O)OCC)CC4)cc23)c1. The average Bonchev–Trinajstić information content (AvgIpc) is 2.84. The van der Waals surface area contributed by atoms with E-state index >= 15 is 0 Å². The molecule has 1 N–H and O–H groups in total. The van der Waals surface area contributed by atoms with E-state index in [0.29, 0.717) is 49.9 Å². The third kappa shape index (κ3) is 5.09. The molecule has 1 fully saturated rings. The number of carbonyl (C=O) groups excluding carboxylic acids is 1. The molecule has 4 rings (SSSR count). The molecule has 2 aromatic carbocycles. The first-order valence-electron chi connectivity index (χ1n) is 10.9. The second-order valence-electron chi connectivity index (χ2n) is 7.60. The summed E-state index contributed by atoms with van der Waals surface area (Å²) in [5.74, 6) is 4.47. The van der Waals surface area contributed by atoms with Crippen LogP contribution in [0.1, 0.15) is 25.3 Å². The van der Waals surface area contributed by atoms with Gasteiger partial charge in [0.05, 0.1) is 19.2 Å². The van der Waals surface area contributed by atoms with Crippen LogP contribution in [0.25, 0.3) is 10.9 Å². The van der Waals surface area contributed by atoms with Gasteiger partial charge in [0, 0.05) is 48.6 Å². The number of benzene rings is 2. The van der Waals surface area contributed by atoms with Crippen LogP contribution >= 0.6 is 0 Å². The first kappa shape index (κ1) is 22.2. The topological polar surface area (TPSA) is 85.8 Å². The van der Waals surface area contributed by atoms with Crippen molar-refractivity contribution in [3.63, 3.8) is 0 Å². The van der Waals surface area contributed by atoms with Gasteiger partial charge in [-0.3, -0.25) is 0 Å². The van der Waals surface area contributed by atoms with Gasteiger partial charge in [0.2, 0.25) is 0 Å². The fraction of sp³-hybridized carbons (Fsp3) is 0.320. The van der Waals surface area contributed by atoms with E-state index in [2.05, 4.69) is 21.2 Å². The minimum atomic E-state index is -0.277. The second-order valence-corrected chi connectivity index (χ2v) is 7.60. The highest BCUT2D eigenvalue weighted by Crippen LogP contribution is 2.36. The number of carbonyl (C=O) groups is 1. The Balaban J connectivity index is 1.56. The molecule has 1 amide bonds. The van der Waals surface area contributed by atoms with Crippen molar-refractivity contribution in [3.8, 4) is 23.8 Å². The van der Waals surface area contributed by atoms with Gasteiger partial charge in [-0.2, -0.15) is 0 Å². The van der Waals surface area contributed by atoms with Crippen molar-refractivity contribution < 1.29 is 19.0 Å². The van der Waals surface area contributed by atoms with Gasteiger partial charge in [0.15, 0.2) is 11.5 Å². The number of anilines is 2. The minimum Gasteiger partial charge on any atom is -0.493 e. The summed E-state index contributed by atoms with van der Waals surface area (Å²) in [5, 5.41) is 4.11. The first-order valence-corrected chi connectivity index (χ1v) is 10.9. The maximum Gasteiger partial charge on any atom is 0.409 e. The van der Waals surface area contributed by atoms with Gasteiger partial charge in [-0.05, 0) is 31.2 Å². The van der Waals surface area contributed by atoms with Crippen LogP contribution in [0.5, 0.6) is 11.5 Å². The van der Waals surface area contributed by atoms with Crippen LogP contribution in [0.15, 0.2) is 42.7 Å². The highest BCUT2D eigenvalue weighted by molar-refractivity contribution is 5.93. The van der Waals surface area contributed by atoms with Crippen LogP contribution in [-0.2, 0) is 4.74 Å². The summed E-state index contributed by atoms with van der Waals surface area (Å²) in [6.45, 7) is 3.34. The van der Waals surface area contributed by atoms with Crippen molar-refractivity contribution in [3.05, 3.63) is 48.3 Å². The zero-order valence-corrected chi connectivity index (χ0v) is 18.7. The van der Waals surface area contributed by atoms with E-state index < -0.39 is 0 Å². The number of nitrogens with one attached hydrogen (secondary N) is 1. The lowest BCUT2D eigenvalue weighted by Gasteiger charge is -2.31. The first-order chi connectivity index (χ1) is 16.1. The van der Waals surface area contributed by atoms with E-state index in [-0.39, 0.29) is 12.2 Å². The molecule has 0 radical (unpaired) electrons. The van der Waals surface area contributed by atoms with Gasteiger partial charge < -0.3 is 24.4 Å². The number of likely N-dealkylation sites (tertiary alicyclic amines) is 1. The van der Waals surface area contributed by atoms with E-state index in [1.807, 2.05) is 36.4 Å². The number of nitrogens with zero attached hydrogens (tertiary/aromatic N) is 3. The molecule has 33 heavy (non-hydrogen) atoms. The molecular formula is C25H26N4O4. The standard InChI is InChI=1S/C25H26N4O4/c1-4-17-7-6-8-18(13-17)28-24-20-14-23(22(31-3)15-21(20)26-16-27-24)33-19-9-11-29(12-10-19)25(30)32-5-2/h1,6-8,13-16,19H,5,9-12H2,2-3H3,(H,26,27,28). The van der Waals surface area contributed by atoms with Crippen molar-refractivity contribution >= 4 is 28.5 Å². The van der Waals surface area contributed by atoms with Gasteiger partial charge in [0.25, 0.3) is 0 Å². The van der Waals surface area contributed by atoms with Crippen molar-refractivity contribution in [1.29, 1.82) is 0 Å². The molecule has 0 spiro atoms. The number of ether oxygens (including phenoxy) is 3. The van der Waals surface area contributed by atoms with E-state index in [9.17, 15) is 4.79 Å². The highest BCUT2D eigenvalue weighted by atomic mass is 16.6. The molecule has 0 saturated carbocycles. The lowest BCUT2D eigenvalue weighted by molar-refractivity contribution is 0.0694. The normalized spacial score (nSPS) is 13.9. The van der Waals surface area contributed by atoms with Crippen molar-refractivity contribution in [2.24, 2.45) is 0 Å². The molecule has 2 heterocycles. The number of aromatic nitrogens is 2. The summed E-state index contributed by atoms with van der Waals surface area (Å²) in [7, 11) is 1.60. The Hall–Kier alpha value is -3.99. The predicted octanol–water partition coefficient (Wildman–Crippen LogP) is 4.36. The van der Waals surface area contributed by atoms with Crippen LogP contribution in [0.4, 0.5) is 16.3 Å². The predicted molar refractivity (Wildman–Crippen MR) is 126 cm³/mol. The zero-order chi connectivity index (χ0) is 23.2. The molecule has 0 atom stereocenters. The lowest BCUT2D eigenvalue weighted by atomic mass is 10.1. The molecule has 0 aliphatic carbocycles. The number of methoxy groups -OCH3 is 1. The van der Waals surface area contributed by atoms with Gasteiger partial charge in [-0.25, -0.2) is 14.8 Å². The number of hydrogen-bond acceptors (Lipinski definition) is 7. The quantitative estimate of drug-likeness (QED) is 0.563. The van der Waals surface area contributed by atoms with Gasteiger partial charge in [-0.1, -0.05) is 12.0 Å². The molecule has 170 valence electrons. The fourth-order valence-corrected chi connectivity index (χ4v) is 3.79. The summed E-state index contributed by atoms with van der Waals surface area (Å²) < 4.78 is 17.0. The zero-order valence-electron chi connectivity index (χ0n) is 18.7. The molecular weight excluding hydrogens is 420 g/mol. The van der Waals surface area contributed by atoms with Crippen LogP contribution in [0, 0.1) is 12.3 Å². The van der Waals surface area contributed by atoms with Gasteiger partial charge in [-0.15, -0.1) is 6.42 Å². The lowest BCUT2D eigenvalue weighted by Crippen LogP contribution is -2.42. The molecule has 8 heteroatoms. The molecule has 1 saturated heterocycles. The molecule has 1 aliphatic rings. The average molecular weight is 447 g/mol. The Morgan fingerprint density at radius 2 is 2.03 bits per heavy atom. The van der Waals surface area contributed by atoms with E-state index in [4.69, 9.17) is 20.6 Å². The number of amides is 1. The number of hydrogen-bond donors (Lipinski definition) is 1. The summed E-state index contributed by atoms with van der Waals surface area (Å²) in [6, 6.07) is 11.3. The molecule has 0 bridgehead atoms. The highest BCUT2D eigenvalue weighted by Gasteiger charge is 2.25. The largest absolute Gasteiger partial charge is 0.493 e. The summed E-state index contributed by atoms with van der Waals surface area (Å²) in [6.07, 6.45) is 8.11. The van der Waals surface area contributed by atoms with Crippen molar-refractivity contribution in [1.82, 2.24) is 14.9 Å². The Morgan fingerprint density at radius 1 is 1.21 bits per heavy atom. The summed E-state index contributed by atoms with van der Waals surface area (Å²) in [4.78, 5) is 22.5. The third-order valence-corrected chi connectivity index (χ3v) is 5.47. The Bertz CT molecular complexity index is 1180. The van der Waals surface area contributed by atoms with E-state index in [1.165, 1.54) is 6.33 Å². The number of fused-ring (bicyclic) bond motifs is 1. The third-order valence-electron chi connectivity index (χ3n) is 5.47. The minimum absolute atomic E-state index is 0.0459. The Kier molecular flexibility index (Phi) is 6.79. The fourth-order valence-electron chi connectivity index (χ4n) is 3.79. The van der Waals surface area contributed by atoms with Crippen LogP contribution in [0.2, 0.25) is 0 Å². The van der Waals surface area contributed by atoms with Crippen LogP contribution < -0.4 is 14.8 Å². The maximum atomic E-state index is 11.9. The molecule has 3 aromatic rings. The van der Waals surface area contributed by atoms with Crippen LogP contribution in [-0.4, -0.2) is 53.9 Å². The summed E-state index contributed by atoms with van der Waals surface area (Å²) in [5.41, 5.74) is 2.33. The smallest absolute Gasteiger partial charge is 0.409 e. The van der Waals surface area contributed by atoms with Crippen LogP contribution in [0.3, 0.4) is 0 Å². The molecule has 8 nitrogen and oxygen atoms in total. The summed E-state index contributed by atoms with van der Waals surface area (Å²) >= 11 is 0. The van der Waals surface area contributed by atoms with Gasteiger partial charge >= 0.3 is 6.09 Å². The monoisotopic (exact) mass is 446 g/mol. The Labute approximate surface area is 192 Å². The molecule has 1 aromatic heterocycles. The molecule has 0 unspecified atom stereocenters. The molecule has 1 aliphatic heterocycles. The second kappa shape index (κ2) is 10.1. The number of rotatable bonds is 6. The number of piperidine rings is 1.